The second-order valence-electron chi connectivity index (χ2n) is 7.06. The molecule has 1 heterocycles. The zero-order chi connectivity index (χ0) is 20.3. The standard InChI is InChI=1S/C18H31N5O3S.HI/c1-18(2,3)26-17(25)21-11-10-20-16(22-13-15(24)23(4)5)19-9-8-14-7-6-12-27-14;/h6-7,12H,8-11,13H2,1-5H3,(H,21,25)(H2,19,20,22);1H. The van der Waals surface area contributed by atoms with Crippen molar-refractivity contribution < 1.29 is 14.3 Å². The fraction of sp³-hybridized carbons (Fsp3) is 0.611. The number of halogens is 1. The summed E-state index contributed by atoms with van der Waals surface area (Å²) in [5.41, 5.74) is -0.528. The molecule has 0 atom stereocenters. The first-order valence-corrected chi connectivity index (χ1v) is 9.77. The highest BCUT2D eigenvalue weighted by Gasteiger charge is 2.15. The second-order valence-corrected chi connectivity index (χ2v) is 8.10. The predicted molar refractivity (Wildman–Crippen MR) is 125 cm³/mol. The lowest BCUT2D eigenvalue weighted by molar-refractivity contribution is -0.127. The summed E-state index contributed by atoms with van der Waals surface area (Å²) >= 11 is 1.70. The monoisotopic (exact) mass is 525 g/mol. The summed E-state index contributed by atoms with van der Waals surface area (Å²) in [6.07, 6.45) is 0.409. The van der Waals surface area contributed by atoms with Gasteiger partial charge < -0.3 is 25.6 Å². The number of ether oxygens (including phenoxy) is 1. The molecule has 0 bridgehead atoms. The summed E-state index contributed by atoms with van der Waals surface area (Å²) in [5.74, 6) is 0.453. The van der Waals surface area contributed by atoms with Crippen molar-refractivity contribution in [2.45, 2.75) is 32.8 Å². The average molecular weight is 525 g/mol. The molecule has 1 aromatic rings. The maximum atomic E-state index is 11.8. The lowest BCUT2D eigenvalue weighted by Crippen LogP contribution is -2.43. The van der Waals surface area contributed by atoms with Crippen molar-refractivity contribution >= 4 is 53.3 Å². The van der Waals surface area contributed by atoms with E-state index in [1.165, 1.54) is 9.78 Å². The third-order valence-corrected chi connectivity index (χ3v) is 4.14. The van der Waals surface area contributed by atoms with Crippen molar-refractivity contribution in [1.29, 1.82) is 0 Å². The van der Waals surface area contributed by atoms with E-state index in [1.54, 1.807) is 25.4 Å². The van der Waals surface area contributed by atoms with Gasteiger partial charge in [-0.15, -0.1) is 35.3 Å². The number of rotatable bonds is 8. The highest BCUT2D eigenvalue weighted by Crippen LogP contribution is 2.08. The van der Waals surface area contributed by atoms with Crippen LogP contribution in [-0.4, -0.2) is 68.7 Å². The molecule has 1 aromatic heterocycles. The zero-order valence-electron chi connectivity index (χ0n) is 17.2. The number of likely N-dealkylation sites (N-methyl/N-ethyl adjacent to an activating group) is 1. The van der Waals surface area contributed by atoms with Crippen molar-refractivity contribution in [1.82, 2.24) is 20.9 Å². The molecule has 3 N–H and O–H groups in total. The van der Waals surface area contributed by atoms with Crippen LogP contribution in [0.25, 0.3) is 0 Å². The Bertz CT molecular complexity index is 615. The van der Waals surface area contributed by atoms with Crippen LogP contribution in [0.15, 0.2) is 22.5 Å². The van der Waals surface area contributed by atoms with Crippen LogP contribution in [0.4, 0.5) is 4.79 Å². The van der Waals surface area contributed by atoms with E-state index < -0.39 is 11.7 Å². The predicted octanol–water partition coefficient (Wildman–Crippen LogP) is 2.06. The molecule has 0 saturated carbocycles. The molecule has 10 heteroatoms. The molecule has 0 fully saturated rings. The van der Waals surface area contributed by atoms with E-state index in [0.717, 1.165) is 6.42 Å². The highest BCUT2D eigenvalue weighted by atomic mass is 127. The maximum Gasteiger partial charge on any atom is 0.407 e. The first-order chi connectivity index (χ1) is 12.7. The van der Waals surface area contributed by atoms with E-state index in [-0.39, 0.29) is 36.4 Å². The van der Waals surface area contributed by atoms with Gasteiger partial charge in [0.15, 0.2) is 5.96 Å². The van der Waals surface area contributed by atoms with Crippen LogP contribution < -0.4 is 16.0 Å². The summed E-state index contributed by atoms with van der Waals surface area (Å²) in [4.78, 5) is 30.5. The lowest BCUT2D eigenvalue weighted by atomic mass is 10.2. The Morgan fingerprint density at radius 2 is 1.79 bits per heavy atom. The lowest BCUT2D eigenvalue weighted by Gasteiger charge is -2.20. The molecule has 1 rings (SSSR count). The Labute approximate surface area is 188 Å². The van der Waals surface area contributed by atoms with Crippen LogP contribution in [-0.2, 0) is 16.0 Å². The molecular formula is C18H32IN5O3S. The molecule has 2 amide bonds. The minimum absolute atomic E-state index is 0. The molecule has 8 nitrogen and oxygen atoms in total. The number of guanidine groups is 1. The number of hydrogen-bond acceptors (Lipinski definition) is 5. The maximum absolute atomic E-state index is 11.8. The Hall–Kier alpha value is -1.56. The van der Waals surface area contributed by atoms with Gasteiger partial charge in [-0.2, -0.15) is 0 Å². The third kappa shape index (κ3) is 12.8. The molecule has 0 spiro atoms. The highest BCUT2D eigenvalue weighted by molar-refractivity contribution is 14.0. The molecule has 0 unspecified atom stereocenters. The Kier molecular flexibility index (Phi) is 12.8. The van der Waals surface area contributed by atoms with Gasteiger partial charge in [-0.05, 0) is 38.6 Å². The van der Waals surface area contributed by atoms with Crippen LogP contribution in [0.1, 0.15) is 25.6 Å². The minimum atomic E-state index is -0.528. The van der Waals surface area contributed by atoms with E-state index in [4.69, 9.17) is 4.74 Å². The molecule has 0 saturated heterocycles. The van der Waals surface area contributed by atoms with Crippen molar-refractivity contribution in [2.24, 2.45) is 4.99 Å². The summed E-state index contributed by atoms with van der Waals surface area (Å²) < 4.78 is 5.18. The molecule has 0 aromatic carbocycles. The summed E-state index contributed by atoms with van der Waals surface area (Å²) in [6, 6.07) is 4.10. The van der Waals surface area contributed by atoms with E-state index in [9.17, 15) is 9.59 Å². The number of nitrogens with zero attached hydrogens (tertiary/aromatic N) is 2. The summed E-state index contributed by atoms with van der Waals surface area (Å²) in [5, 5.41) is 11.0. The topological polar surface area (TPSA) is 95.1 Å². The number of carbonyl (C=O) groups excluding carboxylic acids is 2. The number of nitrogens with one attached hydrogen (secondary N) is 3. The van der Waals surface area contributed by atoms with Gasteiger partial charge in [0, 0.05) is 38.6 Å². The van der Waals surface area contributed by atoms with Crippen molar-refractivity contribution in [3.8, 4) is 0 Å². The van der Waals surface area contributed by atoms with Gasteiger partial charge in [0.05, 0.1) is 0 Å². The van der Waals surface area contributed by atoms with Gasteiger partial charge in [0.1, 0.15) is 12.1 Å². The molecule has 28 heavy (non-hydrogen) atoms. The van der Waals surface area contributed by atoms with Gasteiger partial charge in [-0.25, -0.2) is 9.79 Å². The fourth-order valence-corrected chi connectivity index (χ4v) is 2.59. The molecule has 0 aliphatic rings. The van der Waals surface area contributed by atoms with Crippen LogP contribution in [0.5, 0.6) is 0 Å². The number of thiophene rings is 1. The second kappa shape index (κ2) is 13.6. The molecular weight excluding hydrogens is 493 g/mol. The van der Waals surface area contributed by atoms with Gasteiger partial charge in [0.25, 0.3) is 0 Å². The van der Waals surface area contributed by atoms with Gasteiger partial charge >= 0.3 is 6.09 Å². The molecule has 160 valence electrons. The SMILES string of the molecule is CN(C)C(=O)CN=C(NCCNC(=O)OC(C)(C)C)NCCc1cccs1.I. The third-order valence-electron chi connectivity index (χ3n) is 3.20. The van der Waals surface area contributed by atoms with Crippen LogP contribution in [0.3, 0.4) is 0 Å². The molecule has 0 aliphatic heterocycles. The van der Waals surface area contributed by atoms with Gasteiger partial charge in [0.2, 0.25) is 5.91 Å². The smallest absolute Gasteiger partial charge is 0.407 e. The number of aliphatic imine (C=N–C) groups is 1. The zero-order valence-corrected chi connectivity index (χ0v) is 20.4. The summed E-state index contributed by atoms with van der Waals surface area (Å²) in [6.45, 7) is 7.03. The first-order valence-electron chi connectivity index (χ1n) is 8.89. The van der Waals surface area contributed by atoms with Crippen molar-refractivity contribution in [3.63, 3.8) is 0 Å². The summed E-state index contributed by atoms with van der Waals surface area (Å²) in [7, 11) is 3.39. The van der Waals surface area contributed by atoms with E-state index in [1.807, 2.05) is 32.2 Å². The fourth-order valence-electron chi connectivity index (χ4n) is 1.88. The number of hydrogen-bond donors (Lipinski definition) is 3. The number of amides is 2. The normalized spacial score (nSPS) is 11.2. The Morgan fingerprint density at radius 1 is 1.14 bits per heavy atom. The van der Waals surface area contributed by atoms with Crippen molar-refractivity contribution in [3.05, 3.63) is 22.4 Å². The average Bonchev–Trinajstić information content (AvgIpc) is 3.07. The Balaban J connectivity index is 0.00000729. The van der Waals surface area contributed by atoms with E-state index in [2.05, 4.69) is 27.0 Å². The Morgan fingerprint density at radius 3 is 2.36 bits per heavy atom. The molecule has 0 radical (unpaired) electrons. The van der Waals surface area contributed by atoms with Crippen LogP contribution >= 0.6 is 35.3 Å². The number of carbonyl (C=O) groups is 2. The first kappa shape index (κ1) is 26.4. The van der Waals surface area contributed by atoms with Gasteiger partial charge in [-0.3, -0.25) is 4.79 Å². The van der Waals surface area contributed by atoms with Crippen molar-refractivity contribution in [2.75, 3.05) is 40.3 Å². The van der Waals surface area contributed by atoms with E-state index >= 15 is 0 Å². The minimum Gasteiger partial charge on any atom is -0.444 e. The van der Waals surface area contributed by atoms with E-state index in [0.29, 0.717) is 25.6 Å². The van der Waals surface area contributed by atoms with Crippen LogP contribution in [0, 0.1) is 0 Å². The quantitative estimate of drug-likeness (QED) is 0.209. The largest absolute Gasteiger partial charge is 0.444 e. The van der Waals surface area contributed by atoms with Gasteiger partial charge in [-0.1, -0.05) is 6.07 Å². The molecule has 0 aliphatic carbocycles. The van der Waals surface area contributed by atoms with Crippen LogP contribution in [0.2, 0.25) is 0 Å². The number of alkyl carbamates (subject to hydrolysis) is 1.